The van der Waals surface area contributed by atoms with E-state index in [1.807, 2.05) is 81.4 Å². The molecule has 0 aliphatic carbocycles. The number of nitrogens with two attached hydrogens (primary N) is 1. The summed E-state index contributed by atoms with van der Waals surface area (Å²) in [6, 6.07) is 23.1. The topological polar surface area (TPSA) is 131 Å². The van der Waals surface area contributed by atoms with Crippen molar-refractivity contribution in [3.8, 4) is 0 Å². The van der Waals surface area contributed by atoms with E-state index in [0.717, 1.165) is 22.4 Å². The second-order valence-corrected chi connectivity index (χ2v) is 9.90. The van der Waals surface area contributed by atoms with Gasteiger partial charge in [-0.2, -0.15) is 0 Å². The van der Waals surface area contributed by atoms with Crippen molar-refractivity contribution >= 4 is 40.1 Å². The molecule has 0 fully saturated rings. The van der Waals surface area contributed by atoms with Gasteiger partial charge in [-0.25, -0.2) is 19.9 Å². The molecule has 0 aliphatic heterocycles. The van der Waals surface area contributed by atoms with Crippen LogP contribution in [0.3, 0.4) is 0 Å². The van der Waals surface area contributed by atoms with Gasteiger partial charge in [0.05, 0.1) is 6.20 Å². The Bertz CT molecular complexity index is 1630. The van der Waals surface area contributed by atoms with Crippen molar-refractivity contribution < 1.29 is 4.79 Å². The van der Waals surface area contributed by atoms with E-state index in [-0.39, 0.29) is 5.91 Å². The fraction of sp³-hybridized carbons (Fsp3) is 0.167. The number of hydrogen-bond donors (Lipinski definition) is 4. The Balaban J connectivity index is 1.37. The first-order chi connectivity index (χ1) is 18.8. The van der Waals surface area contributed by atoms with E-state index in [2.05, 4.69) is 35.9 Å². The zero-order valence-electron chi connectivity index (χ0n) is 22.1. The summed E-state index contributed by atoms with van der Waals surface area (Å²) >= 11 is 0. The molecule has 0 bridgehead atoms. The quantitative estimate of drug-likeness (QED) is 0.211. The second-order valence-electron chi connectivity index (χ2n) is 9.90. The zero-order chi connectivity index (χ0) is 27.4. The molecule has 196 valence electrons. The van der Waals surface area contributed by atoms with Gasteiger partial charge in [-0.05, 0) is 61.7 Å². The summed E-state index contributed by atoms with van der Waals surface area (Å²) in [5.74, 6) is 0.757. The van der Waals surface area contributed by atoms with Gasteiger partial charge in [-0.15, -0.1) is 0 Å². The Morgan fingerprint density at radius 1 is 0.949 bits per heavy atom. The van der Waals surface area contributed by atoms with E-state index < -0.39 is 5.54 Å². The molecule has 5 rings (SSSR count). The summed E-state index contributed by atoms with van der Waals surface area (Å²) in [6.45, 7) is 6.40. The molecular formula is C30H30N8O. The molecule has 5 aromatic rings. The number of carbonyl (C=O) groups excluding carboxylic acids is 1. The molecule has 0 spiro atoms. The SMILES string of the molecule is Cc1ccc(C(=O)Nc2cccc(C(C)(C)N)c2)cc1Nc1ncnc2cnc(NCc3ccccc3)nc12. The summed E-state index contributed by atoms with van der Waals surface area (Å²) < 4.78 is 0. The molecule has 9 heteroatoms. The molecule has 3 aromatic carbocycles. The van der Waals surface area contributed by atoms with Crippen molar-refractivity contribution in [3.05, 3.63) is 108 Å². The summed E-state index contributed by atoms with van der Waals surface area (Å²) in [4.78, 5) is 30.9. The Morgan fingerprint density at radius 3 is 2.56 bits per heavy atom. The first-order valence-corrected chi connectivity index (χ1v) is 12.6. The highest BCUT2D eigenvalue weighted by Crippen LogP contribution is 2.26. The largest absolute Gasteiger partial charge is 0.350 e. The van der Waals surface area contributed by atoms with Crippen molar-refractivity contribution in [2.24, 2.45) is 5.73 Å². The molecule has 0 radical (unpaired) electrons. The maximum Gasteiger partial charge on any atom is 0.255 e. The Morgan fingerprint density at radius 2 is 1.77 bits per heavy atom. The number of aromatic nitrogens is 4. The highest BCUT2D eigenvalue weighted by Gasteiger charge is 2.16. The van der Waals surface area contributed by atoms with Gasteiger partial charge < -0.3 is 21.7 Å². The number of nitrogens with one attached hydrogen (secondary N) is 3. The number of benzene rings is 3. The van der Waals surface area contributed by atoms with Crippen LogP contribution in [0, 0.1) is 6.92 Å². The standard InChI is InChI=1S/C30H30N8O/c1-19-12-13-21(28(39)36-23-11-7-10-22(15-23)30(2,3)31)14-24(19)37-27-26-25(34-18-35-27)17-33-29(38-26)32-16-20-8-5-4-6-9-20/h4-15,17-18H,16,31H2,1-3H3,(H,36,39)(H,32,33,38)(H,34,35,37). The van der Waals surface area contributed by atoms with Gasteiger partial charge in [-0.3, -0.25) is 4.79 Å². The number of nitrogens with zero attached hydrogens (tertiary/aromatic N) is 4. The molecule has 2 aromatic heterocycles. The van der Waals surface area contributed by atoms with Gasteiger partial charge in [0, 0.05) is 29.0 Å². The Labute approximate surface area is 227 Å². The van der Waals surface area contributed by atoms with Crippen molar-refractivity contribution in [1.29, 1.82) is 0 Å². The van der Waals surface area contributed by atoms with Crippen LogP contribution in [-0.4, -0.2) is 25.8 Å². The van der Waals surface area contributed by atoms with Gasteiger partial charge in [0.15, 0.2) is 5.82 Å². The van der Waals surface area contributed by atoms with Crippen LogP contribution in [0.4, 0.5) is 23.1 Å². The lowest BCUT2D eigenvalue weighted by molar-refractivity contribution is 0.102. The maximum atomic E-state index is 13.1. The average Bonchev–Trinajstić information content (AvgIpc) is 2.93. The molecule has 0 atom stereocenters. The van der Waals surface area contributed by atoms with Crippen molar-refractivity contribution in [2.75, 3.05) is 16.0 Å². The van der Waals surface area contributed by atoms with Gasteiger partial charge in [0.25, 0.3) is 5.91 Å². The molecule has 1 amide bonds. The average molecular weight is 519 g/mol. The van der Waals surface area contributed by atoms with Crippen LogP contribution in [0.2, 0.25) is 0 Å². The van der Waals surface area contributed by atoms with E-state index >= 15 is 0 Å². The zero-order valence-corrected chi connectivity index (χ0v) is 22.1. The molecule has 9 nitrogen and oxygen atoms in total. The van der Waals surface area contributed by atoms with E-state index in [1.165, 1.54) is 6.33 Å². The third kappa shape index (κ3) is 6.16. The molecule has 0 unspecified atom stereocenters. The van der Waals surface area contributed by atoms with Crippen LogP contribution in [-0.2, 0) is 12.1 Å². The lowest BCUT2D eigenvalue weighted by Crippen LogP contribution is -2.28. The van der Waals surface area contributed by atoms with Gasteiger partial charge in [0.2, 0.25) is 5.95 Å². The fourth-order valence-electron chi connectivity index (χ4n) is 4.03. The summed E-state index contributed by atoms with van der Waals surface area (Å²) in [5.41, 5.74) is 11.8. The van der Waals surface area contributed by atoms with Crippen LogP contribution in [0.5, 0.6) is 0 Å². The summed E-state index contributed by atoms with van der Waals surface area (Å²) in [6.07, 6.45) is 3.12. The van der Waals surface area contributed by atoms with Crippen molar-refractivity contribution in [2.45, 2.75) is 32.9 Å². The predicted octanol–water partition coefficient (Wildman–Crippen LogP) is 5.53. The number of amides is 1. The van der Waals surface area contributed by atoms with Crippen LogP contribution in [0.25, 0.3) is 11.0 Å². The van der Waals surface area contributed by atoms with Gasteiger partial charge >= 0.3 is 0 Å². The highest BCUT2D eigenvalue weighted by atomic mass is 16.1. The molecule has 0 aliphatic rings. The van der Waals surface area contributed by atoms with Crippen LogP contribution in [0.15, 0.2) is 85.3 Å². The number of fused-ring (bicyclic) bond motifs is 1. The number of anilines is 4. The van der Waals surface area contributed by atoms with E-state index in [9.17, 15) is 4.79 Å². The van der Waals surface area contributed by atoms with Gasteiger partial charge in [0.1, 0.15) is 17.4 Å². The minimum absolute atomic E-state index is 0.229. The first-order valence-electron chi connectivity index (χ1n) is 12.6. The minimum Gasteiger partial charge on any atom is -0.350 e. The lowest BCUT2D eigenvalue weighted by atomic mass is 9.95. The first kappa shape index (κ1) is 25.7. The molecule has 5 N–H and O–H groups in total. The third-order valence-corrected chi connectivity index (χ3v) is 6.29. The number of carbonyl (C=O) groups is 1. The second kappa shape index (κ2) is 10.8. The summed E-state index contributed by atoms with van der Waals surface area (Å²) in [7, 11) is 0. The maximum absolute atomic E-state index is 13.1. The Kier molecular flexibility index (Phi) is 7.16. The lowest BCUT2D eigenvalue weighted by Gasteiger charge is -2.20. The monoisotopic (exact) mass is 518 g/mol. The molecule has 2 heterocycles. The fourth-order valence-corrected chi connectivity index (χ4v) is 4.03. The number of rotatable bonds is 8. The minimum atomic E-state index is -0.511. The highest BCUT2D eigenvalue weighted by molar-refractivity contribution is 6.05. The number of aryl methyl sites for hydroxylation is 1. The van der Waals surface area contributed by atoms with E-state index in [4.69, 9.17) is 5.73 Å². The van der Waals surface area contributed by atoms with Crippen LogP contribution in [0.1, 0.15) is 40.9 Å². The van der Waals surface area contributed by atoms with E-state index in [1.54, 1.807) is 18.3 Å². The molecule has 0 saturated heterocycles. The third-order valence-electron chi connectivity index (χ3n) is 6.29. The summed E-state index contributed by atoms with van der Waals surface area (Å²) in [5, 5.41) is 9.56. The normalized spacial score (nSPS) is 11.3. The number of hydrogen-bond acceptors (Lipinski definition) is 8. The van der Waals surface area contributed by atoms with Crippen LogP contribution >= 0.6 is 0 Å². The van der Waals surface area contributed by atoms with Crippen molar-refractivity contribution in [1.82, 2.24) is 19.9 Å². The van der Waals surface area contributed by atoms with Crippen LogP contribution < -0.4 is 21.7 Å². The molecule has 0 saturated carbocycles. The Hall–Kier alpha value is -4.89. The van der Waals surface area contributed by atoms with Crippen molar-refractivity contribution in [3.63, 3.8) is 0 Å². The molecular weight excluding hydrogens is 488 g/mol. The van der Waals surface area contributed by atoms with Gasteiger partial charge in [-0.1, -0.05) is 48.5 Å². The molecule has 39 heavy (non-hydrogen) atoms. The predicted molar refractivity (Wildman–Crippen MR) is 155 cm³/mol. The smallest absolute Gasteiger partial charge is 0.255 e. The van der Waals surface area contributed by atoms with E-state index in [0.29, 0.717) is 40.6 Å².